The van der Waals surface area contributed by atoms with Gasteiger partial charge in [-0.1, -0.05) is 37.1 Å². The molecule has 8 unspecified atom stereocenters. The number of nitrogens with zero attached hydrogens (tertiary/aromatic N) is 4. The molecule has 0 heterocycles. The number of rotatable bonds is 0. The number of hydrogen-bond acceptors (Lipinski definition) is 4. The van der Waals surface area contributed by atoms with E-state index < -0.39 is 0 Å². The Hall–Kier alpha value is -2.56. The van der Waals surface area contributed by atoms with Gasteiger partial charge in [0.2, 0.25) is 0 Å². The fourth-order valence-electron chi connectivity index (χ4n) is 9.15. The Morgan fingerprint density at radius 1 is 0.486 bits per heavy atom. The molecule has 0 aliphatic heterocycles. The standard InChI is InChI=1S/C12H4N4.2C10H16.Fe/c13-5-11(6-14)9-1-2-10(4-3-9)12(7-15)8-16;2*1-2-9-7-4-5-8(6-7)10(9)3-1;/h1-4H;2*7-10H,1-6H2;. The minimum Gasteiger partial charge on any atom is -0.192 e. The van der Waals surface area contributed by atoms with Crippen LogP contribution in [0, 0.1) is 92.7 Å². The Kier molecular flexibility index (Phi) is 9.15. The molecule has 0 radical (unpaired) electrons. The van der Waals surface area contributed by atoms with Crippen molar-refractivity contribution in [1.82, 2.24) is 0 Å². The van der Waals surface area contributed by atoms with Crippen LogP contribution in [0.5, 0.6) is 0 Å². The third kappa shape index (κ3) is 5.51. The van der Waals surface area contributed by atoms with E-state index in [-0.39, 0.29) is 28.2 Å². The maximum Gasteiger partial charge on any atom is 0.136 e. The molecule has 1 aromatic carbocycles. The third-order valence-corrected chi connectivity index (χ3v) is 10.6. The first kappa shape index (κ1) is 27.5. The van der Waals surface area contributed by atoms with E-state index in [1.54, 1.807) is 101 Å². The molecule has 37 heavy (non-hydrogen) atoms. The Balaban J connectivity index is 0.000000132. The number of hydrogen-bond donors (Lipinski definition) is 0. The molecule has 0 saturated heterocycles. The van der Waals surface area contributed by atoms with Crippen molar-refractivity contribution >= 4 is 11.1 Å². The van der Waals surface area contributed by atoms with Crippen LogP contribution >= 0.6 is 0 Å². The average Bonchev–Trinajstić information content (AvgIpc) is 3.75. The Morgan fingerprint density at radius 3 is 1.00 bits per heavy atom. The number of nitriles is 4. The van der Waals surface area contributed by atoms with Crippen LogP contribution in [0.3, 0.4) is 0 Å². The summed E-state index contributed by atoms with van der Waals surface area (Å²) in [5, 5.41) is 35.5. The van der Waals surface area contributed by atoms with Crippen molar-refractivity contribution in [2.75, 3.05) is 0 Å². The zero-order valence-corrected chi connectivity index (χ0v) is 22.7. The van der Waals surface area contributed by atoms with Crippen LogP contribution in [0.15, 0.2) is 24.3 Å². The fraction of sp³-hybridized carbons (Fsp3) is 0.625. The fourth-order valence-corrected chi connectivity index (χ4v) is 9.15. The minimum absolute atomic E-state index is 0. The van der Waals surface area contributed by atoms with Gasteiger partial charge in [-0.2, -0.15) is 21.0 Å². The molecule has 192 valence electrons. The van der Waals surface area contributed by atoms with E-state index in [1.807, 2.05) is 0 Å². The normalized spacial score (nSPS) is 34.5. The van der Waals surface area contributed by atoms with Crippen molar-refractivity contribution in [1.29, 1.82) is 21.0 Å². The monoisotopic (exact) mass is 532 g/mol. The second-order valence-electron chi connectivity index (χ2n) is 12.0. The van der Waals surface area contributed by atoms with Crippen molar-refractivity contribution < 1.29 is 17.1 Å². The van der Waals surface area contributed by atoms with Gasteiger partial charge < -0.3 is 0 Å². The first-order valence-corrected chi connectivity index (χ1v) is 14.1. The number of fused-ring (bicyclic) bond motifs is 10. The molecule has 1 aromatic rings. The first-order chi connectivity index (χ1) is 17.7. The summed E-state index contributed by atoms with van der Waals surface area (Å²) in [7, 11) is 0. The molecule has 4 nitrogen and oxygen atoms in total. The van der Waals surface area contributed by atoms with Gasteiger partial charge >= 0.3 is 0 Å². The Morgan fingerprint density at radius 2 is 0.757 bits per heavy atom. The molecule has 6 fully saturated rings. The molecular formula is C32H36FeN4. The summed E-state index contributed by atoms with van der Waals surface area (Å²) in [6.45, 7) is 0. The van der Waals surface area contributed by atoms with Gasteiger partial charge in [0.1, 0.15) is 35.4 Å². The van der Waals surface area contributed by atoms with E-state index in [1.165, 1.54) is 71.6 Å². The van der Waals surface area contributed by atoms with Gasteiger partial charge in [0.05, 0.1) is 0 Å². The molecule has 0 N–H and O–H groups in total. The van der Waals surface area contributed by atoms with Gasteiger partial charge in [-0.25, -0.2) is 0 Å². The topological polar surface area (TPSA) is 95.2 Å². The summed E-state index contributed by atoms with van der Waals surface area (Å²) in [4.78, 5) is 0. The Bertz CT molecular complexity index is 1090. The number of benzene rings is 1. The van der Waals surface area contributed by atoms with Gasteiger partial charge in [0, 0.05) is 27.5 Å². The second-order valence-corrected chi connectivity index (χ2v) is 12.0. The van der Waals surface area contributed by atoms with Crippen molar-refractivity contribution in [3.8, 4) is 24.3 Å². The van der Waals surface area contributed by atoms with Gasteiger partial charge in [-0.05, 0) is 112 Å². The van der Waals surface area contributed by atoms with Crippen LogP contribution in [0.2, 0.25) is 0 Å². The minimum atomic E-state index is 0. The van der Waals surface area contributed by atoms with E-state index in [2.05, 4.69) is 0 Å². The van der Waals surface area contributed by atoms with Crippen LogP contribution in [0.1, 0.15) is 77.0 Å². The van der Waals surface area contributed by atoms with E-state index in [0.29, 0.717) is 10.4 Å². The molecule has 6 saturated carbocycles. The predicted octanol–water partition coefficient (Wildman–Crippen LogP) is 5.75. The van der Waals surface area contributed by atoms with Crippen LogP contribution in [-0.2, 0) is 17.1 Å². The Labute approximate surface area is 232 Å². The molecule has 0 amide bonds. The summed E-state index contributed by atoms with van der Waals surface area (Å²) in [6.07, 6.45) is 19.1. The quantitative estimate of drug-likeness (QED) is 0.398. The van der Waals surface area contributed by atoms with E-state index in [9.17, 15) is 0 Å². The van der Waals surface area contributed by atoms with Gasteiger partial charge in [0.15, 0.2) is 0 Å². The zero-order valence-electron chi connectivity index (χ0n) is 21.6. The van der Waals surface area contributed by atoms with E-state index in [4.69, 9.17) is 21.0 Å². The largest absolute Gasteiger partial charge is 0.192 e. The van der Waals surface area contributed by atoms with Crippen molar-refractivity contribution in [3.63, 3.8) is 0 Å². The van der Waals surface area contributed by atoms with Gasteiger partial charge in [0.25, 0.3) is 0 Å². The molecular weight excluding hydrogens is 496 g/mol. The van der Waals surface area contributed by atoms with Gasteiger partial charge in [-0.15, -0.1) is 0 Å². The molecule has 6 aliphatic rings. The third-order valence-electron chi connectivity index (χ3n) is 10.6. The maximum atomic E-state index is 8.63. The molecule has 5 heteroatoms. The maximum absolute atomic E-state index is 8.63. The van der Waals surface area contributed by atoms with Crippen molar-refractivity contribution in [3.05, 3.63) is 34.7 Å². The first-order valence-electron chi connectivity index (χ1n) is 14.1. The van der Waals surface area contributed by atoms with E-state index >= 15 is 0 Å². The SMILES string of the molecule is C1CC2C3CCC(C3)C2C1.C1CC2C3CCC(C3)C2C1.N#CC(C#N)=c1ccc(=C(C#N)C#N)cc1.[Fe]. The summed E-state index contributed by atoms with van der Waals surface area (Å²) in [5.41, 5.74) is 0.00373. The summed E-state index contributed by atoms with van der Waals surface area (Å²) in [6, 6.07) is 13.2. The van der Waals surface area contributed by atoms with E-state index in [0.717, 1.165) is 0 Å². The van der Waals surface area contributed by atoms with Crippen molar-refractivity contribution in [2.24, 2.45) is 47.3 Å². The molecule has 4 bridgehead atoms. The van der Waals surface area contributed by atoms with Crippen LogP contribution in [0.25, 0.3) is 11.1 Å². The predicted molar refractivity (Wildman–Crippen MR) is 138 cm³/mol. The van der Waals surface area contributed by atoms with Crippen LogP contribution in [0.4, 0.5) is 0 Å². The van der Waals surface area contributed by atoms with Crippen LogP contribution < -0.4 is 10.4 Å². The average molecular weight is 533 g/mol. The molecule has 0 spiro atoms. The molecule has 8 atom stereocenters. The summed E-state index contributed by atoms with van der Waals surface area (Å²) in [5.74, 6) is 9.60. The van der Waals surface area contributed by atoms with Crippen molar-refractivity contribution in [2.45, 2.75) is 77.0 Å². The summed E-state index contributed by atoms with van der Waals surface area (Å²) < 4.78 is 0. The smallest absolute Gasteiger partial charge is 0.136 e. The zero-order chi connectivity index (χ0) is 25.1. The van der Waals surface area contributed by atoms with Gasteiger partial charge in [-0.3, -0.25) is 0 Å². The molecule has 0 aromatic heterocycles. The van der Waals surface area contributed by atoms with Crippen LogP contribution in [-0.4, -0.2) is 0 Å². The molecule has 6 aliphatic carbocycles. The second kappa shape index (κ2) is 12.3. The summed E-state index contributed by atoms with van der Waals surface area (Å²) >= 11 is 0. The molecule has 7 rings (SSSR count).